The topological polar surface area (TPSA) is 180 Å². The number of non-ortho nitro benzene ring substituents is 1. The van der Waals surface area contributed by atoms with Crippen LogP contribution in [-0.2, 0) is 10.0 Å². The van der Waals surface area contributed by atoms with E-state index in [9.17, 15) is 33.5 Å². The Labute approximate surface area is 193 Å². The molecule has 0 amide bonds. The van der Waals surface area contributed by atoms with Gasteiger partial charge >= 0.3 is 5.97 Å². The van der Waals surface area contributed by atoms with Crippen molar-refractivity contribution in [1.82, 2.24) is 0 Å². The summed E-state index contributed by atoms with van der Waals surface area (Å²) in [7, 11) is -3.05. The number of hydrogen-bond acceptors (Lipinski definition) is 9. The van der Waals surface area contributed by atoms with E-state index in [0.717, 1.165) is 18.2 Å². The van der Waals surface area contributed by atoms with Crippen molar-refractivity contribution < 1.29 is 33.1 Å². The lowest BCUT2D eigenvalue weighted by Crippen LogP contribution is -2.17. The number of phenols is 1. The fourth-order valence-corrected chi connectivity index (χ4v) is 4.09. The van der Waals surface area contributed by atoms with Crippen LogP contribution in [-0.4, -0.2) is 42.8 Å². The molecular weight excluding hydrogens is 468 g/mol. The molecule has 0 aliphatic carbocycles. The molecule has 0 saturated heterocycles. The number of ether oxygens (including phenoxy) is 1. The number of aromatic carboxylic acids is 1. The smallest absolute Gasteiger partial charge is 0.337 e. The van der Waals surface area contributed by atoms with Crippen molar-refractivity contribution in [2.24, 2.45) is 5.10 Å². The van der Waals surface area contributed by atoms with Gasteiger partial charge in [-0.3, -0.25) is 20.3 Å². The first-order valence-electron chi connectivity index (χ1n) is 9.42. The van der Waals surface area contributed by atoms with Crippen molar-refractivity contribution in [3.63, 3.8) is 0 Å². The van der Waals surface area contributed by atoms with Crippen LogP contribution in [0.4, 0.5) is 17.1 Å². The van der Waals surface area contributed by atoms with E-state index in [1.807, 2.05) is 0 Å². The summed E-state index contributed by atoms with van der Waals surface area (Å²) in [6.07, 6.45) is 1.20. The van der Waals surface area contributed by atoms with Crippen LogP contribution in [0.3, 0.4) is 0 Å². The molecule has 0 aromatic heterocycles. The van der Waals surface area contributed by atoms with Crippen molar-refractivity contribution in [2.45, 2.75) is 4.90 Å². The molecule has 0 atom stereocenters. The Kier molecular flexibility index (Phi) is 6.97. The Bertz CT molecular complexity index is 1390. The normalized spacial score (nSPS) is 11.2. The molecule has 0 unspecified atom stereocenters. The average molecular weight is 486 g/mol. The van der Waals surface area contributed by atoms with E-state index in [0.29, 0.717) is 5.75 Å². The van der Waals surface area contributed by atoms with E-state index in [1.165, 1.54) is 55.8 Å². The monoisotopic (exact) mass is 486 g/mol. The molecular formula is C21H18N4O8S. The van der Waals surface area contributed by atoms with E-state index in [2.05, 4.69) is 15.2 Å². The average Bonchev–Trinajstić information content (AvgIpc) is 2.80. The first-order valence-corrected chi connectivity index (χ1v) is 10.9. The van der Waals surface area contributed by atoms with E-state index in [4.69, 9.17) is 4.74 Å². The number of sulfonamides is 1. The van der Waals surface area contributed by atoms with Crippen molar-refractivity contribution >= 4 is 39.3 Å². The van der Waals surface area contributed by atoms with Crippen LogP contribution < -0.4 is 14.9 Å². The number of benzene rings is 3. The number of anilines is 2. The predicted octanol–water partition coefficient (Wildman–Crippen LogP) is 3.25. The van der Waals surface area contributed by atoms with Crippen molar-refractivity contribution in [2.75, 3.05) is 17.3 Å². The van der Waals surface area contributed by atoms with Gasteiger partial charge in [-0.25, -0.2) is 13.2 Å². The van der Waals surface area contributed by atoms with Gasteiger partial charge in [-0.2, -0.15) is 5.10 Å². The second-order valence-corrected chi connectivity index (χ2v) is 8.34. The summed E-state index contributed by atoms with van der Waals surface area (Å²) < 4.78 is 33.3. The van der Waals surface area contributed by atoms with E-state index < -0.39 is 31.5 Å². The Balaban J connectivity index is 1.99. The third-order valence-electron chi connectivity index (χ3n) is 4.49. The molecule has 12 nitrogen and oxygen atoms in total. The number of nitro groups is 1. The highest BCUT2D eigenvalue weighted by atomic mass is 32.2. The summed E-state index contributed by atoms with van der Waals surface area (Å²) in [6.45, 7) is 0. The number of carbonyl (C=O) groups is 1. The highest BCUT2D eigenvalue weighted by molar-refractivity contribution is 7.93. The minimum Gasteiger partial charge on any atom is -0.507 e. The summed E-state index contributed by atoms with van der Waals surface area (Å²) in [6, 6.07) is 12.7. The van der Waals surface area contributed by atoms with Crippen LogP contribution in [0.25, 0.3) is 0 Å². The van der Waals surface area contributed by atoms with Crippen LogP contribution in [0, 0.1) is 10.1 Å². The first-order chi connectivity index (χ1) is 16.1. The lowest BCUT2D eigenvalue weighted by molar-refractivity contribution is -0.385. The molecule has 176 valence electrons. The molecule has 0 fully saturated rings. The molecule has 4 N–H and O–H groups in total. The summed E-state index contributed by atoms with van der Waals surface area (Å²) in [5, 5.41) is 34.4. The molecule has 0 aliphatic heterocycles. The van der Waals surface area contributed by atoms with Gasteiger partial charge in [-0.1, -0.05) is 12.1 Å². The molecule has 3 rings (SSSR count). The highest BCUT2D eigenvalue weighted by Crippen LogP contribution is 2.29. The quantitative estimate of drug-likeness (QED) is 0.200. The molecule has 0 radical (unpaired) electrons. The van der Waals surface area contributed by atoms with Gasteiger partial charge in [0.2, 0.25) is 0 Å². The number of hydrogen-bond donors (Lipinski definition) is 4. The van der Waals surface area contributed by atoms with Gasteiger partial charge in [0.15, 0.2) is 0 Å². The fraction of sp³-hybridized carbons (Fsp3) is 0.0476. The van der Waals surface area contributed by atoms with E-state index in [-0.39, 0.29) is 28.3 Å². The van der Waals surface area contributed by atoms with Crippen molar-refractivity contribution in [3.05, 3.63) is 81.9 Å². The highest BCUT2D eigenvalue weighted by Gasteiger charge is 2.24. The Hall–Kier alpha value is -4.65. The number of aromatic hydroxyl groups is 1. The predicted molar refractivity (Wildman–Crippen MR) is 123 cm³/mol. The number of carboxylic acids is 1. The third-order valence-corrected chi connectivity index (χ3v) is 5.90. The maximum atomic E-state index is 13.1. The summed E-state index contributed by atoms with van der Waals surface area (Å²) in [4.78, 5) is 21.3. The van der Waals surface area contributed by atoms with Gasteiger partial charge in [0.1, 0.15) is 16.4 Å². The first kappa shape index (κ1) is 24.0. The summed E-state index contributed by atoms with van der Waals surface area (Å²) in [5.41, 5.74) is 1.56. The number of hydrazone groups is 1. The molecule has 3 aromatic carbocycles. The number of para-hydroxylation sites is 1. The zero-order chi connectivity index (χ0) is 24.9. The maximum Gasteiger partial charge on any atom is 0.337 e. The molecule has 0 heterocycles. The van der Waals surface area contributed by atoms with Gasteiger partial charge in [-0.05, 0) is 36.4 Å². The molecule has 0 saturated carbocycles. The lowest BCUT2D eigenvalue weighted by atomic mass is 10.2. The number of nitrogens with one attached hydrogen (secondary N) is 2. The standard InChI is InChI=1S/C21H18N4O8S/c1-33-15-7-9-19(26)13(10-15)12-22-23-18-8-6-14(25(29)30)11-20(18)34(31,32)24-17-5-3-2-4-16(17)21(27)28/h2-12,23-24,26H,1H3,(H,27,28)/b22-12+. The number of phenolic OH excluding ortho intramolecular Hbond substituents is 1. The summed E-state index contributed by atoms with van der Waals surface area (Å²) in [5.74, 6) is -1.03. The van der Waals surface area contributed by atoms with Crippen LogP contribution in [0.5, 0.6) is 11.5 Å². The van der Waals surface area contributed by atoms with Crippen LogP contribution >= 0.6 is 0 Å². The number of rotatable bonds is 9. The number of nitrogens with zero attached hydrogens (tertiary/aromatic N) is 2. The largest absolute Gasteiger partial charge is 0.507 e. The fourth-order valence-electron chi connectivity index (χ4n) is 2.83. The maximum absolute atomic E-state index is 13.1. The molecule has 0 spiro atoms. The summed E-state index contributed by atoms with van der Waals surface area (Å²) >= 11 is 0. The number of nitro benzene ring substituents is 1. The Morgan fingerprint density at radius 3 is 2.53 bits per heavy atom. The van der Waals surface area contributed by atoms with Gasteiger partial charge in [-0.15, -0.1) is 0 Å². The second-order valence-electron chi connectivity index (χ2n) is 6.69. The molecule has 0 aliphatic rings. The van der Waals surface area contributed by atoms with Crippen LogP contribution in [0.2, 0.25) is 0 Å². The number of carboxylic acid groups (broad SMARTS) is 1. The van der Waals surface area contributed by atoms with Crippen LogP contribution in [0.1, 0.15) is 15.9 Å². The molecule has 34 heavy (non-hydrogen) atoms. The third kappa shape index (κ3) is 5.39. The van der Waals surface area contributed by atoms with Crippen molar-refractivity contribution in [3.8, 4) is 11.5 Å². The lowest BCUT2D eigenvalue weighted by Gasteiger charge is -2.13. The zero-order valence-electron chi connectivity index (χ0n) is 17.5. The molecule has 0 bridgehead atoms. The van der Waals surface area contributed by atoms with Gasteiger partial charge in [0.05, 0.1) is 35.2 Å². The zero-order valence-corrected chi connectivity index (χ0v) is 18.3. The minimum absolute atomic E-state index is 0.116. The van der Waals surface area contributed by atoms with Crippen molar-refractivity contribution in [1.29, 1.82) is 0 Å². The molecule has 3 aromatic rings. The second kappa shape index (κ2) is 9.87. The SMILES string of the molecule is COc1ccc(O)c(/C=N/Nc2ccc([N+](=O)[O-])cc2S(=O)(=O)Nc2ccccc2C(=O)O)c1. The Morgan fingerprint density at radius 1 is 1.12 bits per heavy atom. The van der Waals surface area contributed by atoms with E-state index >= 15 is 0 Å². The van der Waals surface area contributed by atoms with Crippen LogP contribution in [0.15, 0.2) is 70.7 Å². The minimum atomic E-state index is -4.49. The van der Waals surface area contributed by atoms with Gasteiger partial charge in [0, 0.05) is 17.7 Å². The van der Waals surface area contributed by atoms with Gasteiger partial charge in [0.25, 0.3) is 15.7 Å². The number of methoxy groups -OCH3 is 1. The Morgan fingerprint density at radius 2 is 1.85 bits per heavy atom. The van der Waals surface area contributed by atoms with E-state index in [1.54, 1.807) is 0 Å². The van der Waals surface area contributed by atoms with Gasteiger partial charge < -0.3 is 14.9 Å². The molecule has 13 heteroatoms.